The van der Waals surface area contributed by atoms with Gasteiger partial charge in [-0.1, -0.05) is 17.7 Å². The Labute approximate surface area is 122 Å². The number of hydrogen-bond donors (Lipinski definition) is 1. The molecule has 0 saturated heterocycles. The van der Waals surface area contributed by atoms with E-state index in [-0.39, 0.29) is 6.04 Å². The third kappa shape index (κ3) is 2.28. The van der Waals surface area contributed by atoms with Gasteiger partial charge in [-0.25, -0.2) is 0 Å². The fourth-order valence-corrected chi connectivity index (χ4v) is 3.10. The molecule has 2 aromatic heterocycles. The second-order valence-electron chi connectivity index (χ2n) is 4.80. The van der Waals surface area contributed by atoms with E-state index in [0.29, 0.717) is 0 Å². The van der Waals surface area contributed by atoms with E-state index in [0.717, 1.165) is 27.1 Å². The summed E-state index contributed by atoms with van der Waals surface area (Å²) in [5.74, 6) is 0.814. The zero-order valence-electron chi connectivity index (χ0n) is 11.5. The van der Waals surface area contributed by atoms with E-state index in [4.69, 9.17) is 10.5 Å². The lowest BCUT2D eigenvalue weighted by atomic mass is 9.98. The number of methoxy groups -OCH3 is 1. The van der Waals surface area contributed by atoms with Crippen molar-refractivity contribution in [1.29, 1.82) is 0 Å². The third-order valence-electron chi connectivity index (χ3n) is 3.40. The van der Waals surface area contributed by atoms with Gasteiger partial charge in [-0.3, -0.25) is 4.98 Å². The van der Waals surface area contributed by atoms with Crippen molar-refractivity contribution in [1.82, 2.24) is 4.98 Å². The summed E-state index contributed by atoms with van der Waals surface area (Å²) >= 11 is 1.68. The van der Waals surface area contributed by atoms with Gasteiger partial charge in [0.05, 0.1) is 23.4 Å². The standard InChI is InChI=1S/C16H16N2OS/c1-10-3-4-14(19-2)12(7-10)16(17)11-8-15-13(18-9-11)5-6-20-15/h3-9,16H,17H2,1-2H3. The molecule has 2 heterocycles. The minimum atomic E-state index is -0.233. The number of thiophene rings is 1. The summed E-state index contributed by atoms with van der Waals surface area (Å²) in [5, 5.41) is 2.04. The van der Waals surface area contributed by atoms with E-state index in [1.165, 1.54) is 5.56 Å². The summed E-state index contributed by atoms with van der Waals surface area (Å²) in [7, 11) is 1.67. The highest BCUT2D eigenvalue weighted by Gasteiger charge is 2.15. The molecule has 2 N–H and O–H groups in total. The molecule has 0 radical (unpaired) electrons. The van der Waals surface area contributed by atoms with Crippen LogP contribution in [0.5, 0.6) is 5.75 Å². The van der Waals surface area contributed by atoms with Crippen LogP contribution in [0.2, 0.25) is 0 Å². The number of aromatic nitrogens is 1. The average Bonchev–Trinajstić information content (AvgIpc) is 2.93. The predicted molar refractivity (Wildman–Crippen MR) is 83.4 cm³/mol. The molecule has 0 saturated carbocycles. The van der Waals surface area contributed by atoms with Gasteiger partial charge in [0.25, 0.3) is 0 Å². The zero-order valence-corrected chi connectivity index (χ0v) is 12.3. The molecular weight excluding hydrogens is 268 g/mol. The summed E-state index contributed by atoms with van der Waals surface area (Å²) in [6.07, 6.45) is 1.85. The monoisotopic (exact) mass is 284 g/mol. The summed E-state index contributed by atoms with van der Waals surface area (Å²) in [6, 6.07) is 9.95. The number of fused-ring (bicyclic) bond motifs is 1. The summed E-state index contributed by atoms with van der Waals surface area (Å²) < 4.78 is 6.57. The van der Waals surface area contributed by atoms with Crippen molar-refractivity contribution in [3.8, 4) is 5.75 Å². The number of nitrogens with two attached hydrogens (primary N) is 1. The third-order valence-corrected chi connectivity index (χ3v) is 4.26. The van der Waals surface area contributed by atoms with E-state index in [2.05, 4.69) is 24.0 Å². The molecule has 0 spiro atoms. The minimum absolute atomic E-state index is 0.233. The molecule has 0 aliphatic rings. The number of benzene rings is 1. The highest BCUT2D eigenvalue weighted by Crippen LogP contribution is 2.31. The Balaban J connectivity index is 2.06. The zero-order chi connectivity index (χ0) is 14.1. The fraction of sp³-hybridized carbons (Fsp3) is 0.188. The van der Waals surface area contributed by atoms with Crippen molar-refractivity contribution in [2.45, 2.75) is 13.0 Å². The molecule has 3 nitrogen and oxygen atoms in total. The molecule has 3 aromatic rings. The SMILES string of the molecule is COc1ccc(C)cc1C(N)c1cnc2ccsc2c1. The Morgan fingerprint density at radius 3 is 2.90 bits per heavy atom. The molecule has 20 heavy (non-hydrogen) atoms. The van der Waals surface area contributed by atoms with Crippen LogP contribution >= 0.6 is 11.3 Å². The van der Waals surface area contributed by atoms with Crippen LogP contribution in [0.15, 0.2) is 41.9 Å². The average molecular weight is 284 g/mol. The van der Waals surface area contributed by atoms with Crippen LogP contribution in [0, 0.1) is 6.92 Å². The Morgan fingerprint density at radius 1 is 1.25 bits per heavy atom. The molecule has 1 atom stereocenters. The Morgan fingerprint density at radius 2 is 2.10 bits per heavy atom. The number of hydrogen-bond acceptors (Lipinski definition) is 4. The normalized spacial score (nSPS) is 12.6. The van der Waals surface area contributed by atoms with Crippen LogP contribution in [0.25, 0.3) is 10.2 Å². The van der Waals surface area contributed by atoms with Crippen molar-refractivity contribution >= 4 is 21.6 Å². The summed E-state index contributed by atoms with van der Waals surface area (Å²) in [5.41, 5.74) is 10.6. The first-order valence-electron chi connectivity index (χ1n) is 6.42. The molecule has 0 bridgehead atoms. The van der Waals surface area contributed by atoms with Crippen LogP contribution in [-0.4, -0.2) is 12.1 Å². The van der Waals surface area contributed by atoms with Crippen molar-refractivity contribution < 1.29 is 4.74 Å². The molecule has 1 aromatic carbocycles. The van der Waals surface area contributed by atoms with Gasteiger partial charge < -0.3 is 10.5 Å². The summed E-state index contributed by atoms with van der Waals surface area (Å²) in [4.78, 5) is 4.46. The highest BCUT2D eigenvalue weighted by molar-refractivity contribution is 7.17. The van der Waals surface area contributed by atoms with E-state index >= 15 is 0 Å². The second kappa shape index (κ2) is 5.23. The topological polar surface area (TPSA) is 48.1 Å². The first-order chi connectivity index (χ1) is 9.69. The number of rotatable bonds is 3. The van der Waals surface area contributed by atoms with Gasteiger partial charge in [0, 0.05) is 11.8 Å². The minimum Gasteiger partial charge on any atom is -0.496 e. The fourth-order valence-electron chi connectivity index (χ4n) is 2.31. The first kappa shape index (κ1) is 13.1. The van der Waals surface area contributed by atoms with Gasteiger partial charge in [0.15, 0.2) is 0 Å². The lowest BCUT2D eigenvalue weighted by molar-refractivity contribution is 0.407. The van der Waals surface area contributed by atoms with Gasteiger partial charge in [0.1, 0.15) is 5.75 Å². The molecule has 4 heteroatoms. The number of aryl methyl sites for hydroxylation is 1. The van der Waals surface area contributed by atoms with Crippen LogP contribution in [0.3, 0.4) is 0 Å². The molecule has 3 rings (SSSR count). The molecule has 1 unspecified atom stereocenters. The highest BCUT2D eigenvalue weighted by atomic mass is 32.1. The van der Waals surface area contributed by atoms with Gasteiger partial charge >= 0.3 is 0 Å². The van der Waals surface area contributed by atoms with Crippen molar-refractivity contribution in [3.63, 3.8) is 0 Å². The lowest BCUT2D eigenvalue weighted by Gasteiger charge is -2.16. The van der Waals surface area contributed by atoms with Crippen LogP contribution in [0.1, 0.15) is 22.7 Å². The predicted octanol–water partition coefficient (Wildman–Crippen LogP) is 3.66. The van der Waals surface area contributed by atoms with E-state index in [1.54, 1.807) is 18.4 Å². The maximum absolute atomic E-state index is 6.41. The van der Waals surface area contributed by atoms with Crippen molar-refractivity contribution in [2.24, 2.45) is 5.73 Å². The first-order valence-corrected chi connectivity index (χ1v) is 7.30. The Kier molecular flexibility index (Phi) is 3.42. The molecule has 0 aliphatic heterocycles. The second-order valence-corrected chi connectivity index (χ2v) is 5.74. The maximum atomic E-state index is 6.41. The Hall–Kier alpha value is -1.91. The Bertz CT molecular complexity index is 751. The van der Waals surface area contributed by atoms with E-state index in [1.807, 2.05) is 29.8 Å². The van der Waals surface area contributed by atoms with Gasteiger partial charge in [-0.05, 0) is 36.1 Å². The molecule has 102 valence electrons. The van der Waals surface area contributed by atoms with Gasteiger partial charge in [-0.15, -0.1) is 11.3 Å². The van der Waals surface area contributed by atoms with Crippen LogP contribution in [-0.2, 0) is 0 Å². The summed E-state index contributed by atoms with van der Waals surface area (Å²) in [6.45, 7) is 2.05. The van der Waals surface area contributed by atoms with Gasteiger partial charge in [0.2, 0.25) is 0 Å². The van der Waals surface area contributed by atoms with Gasteiger partial charge in [-0.2, -0.15) is 0 Å². The van der Waals surface area contributed by atoms with Crippen molar-refractivity contribution in [2.75, 3.05) is 7.11 Å². The largest absolute Gasteiger partial charge is 0.496 e. The van der Waals surface area contributed by atoms with Crippen LogP contribution < -0.4 is 10.5 Å². The maximum Gasteiger partial charge on any atom is 0.123 e. The molecule has 0 aliphatic carbocycles. The number of nitrogens with zero attached hydrogens (tertiary/aromatic N) is 1. The molecular formula is C16H16N2OS. The smallest absolute Gasteiger partial charge is 0.123 e. The van der Waals surface area contributed by atoms with E-state index in [9.17, 15) is 0 Å². The number of pyridine rings is 1. The van der Waals surface area contributed by atoms with E-state index < -0.39 is 0 Å². The molecule has 0 amide bonds. The quantitative estimate of drug-likeness (QED) is 0.798. The van der Waals surface area contributed by atoms with Crippen molar-refractivity contribution in [3.05, 3.63) is 58.6 Å². The molecule has 0 fully saturated rings. The van der Waals surface area contributed by atoms with Crippen LogP contribution in [0.4, 0.5) is 0 Å². The lowest BCUT2D eigenvalue weighted by Crippen LogP contribution is -2.13. The number of ether oxygens (including phenoxy) is 1.